The number of aromatic amines is 1. The third-order valence-corrected chi connectivity index (χ3v) is 7.14. The van der Waals surface area contributed by atoms with E-state index in [2.05, 4.69) is 20.4 Å². The van der Waals surface area contributed by atoms with Crippen LogP contribution in [0.2, 0.25) is 0 Å². The van der Waals surface area contributed by atoms with Crippen LogP contribution in [0, 0.1) is 6.92 Å². The van der Waals surface area contributed by atoms with Crippen molar-refractivity contribution in [3.63, 3.8) is 0 Å². The van der Waals surface area contributed by atoms with Gasteiger partial charge in [-0.05, 0) is 32.1 Å². The summed E-state index contributed by atoms with van der Waals surface area (Å²) in [6.45, 7) is 4.14. The van der Waals surface area contributed by atoms with Crippen molar-refractivity contribution in [2.75, 3.05) is 17.2 Å². The van der Waals surface area contributed by atoms with E-state index >= 15 is 0 Å². The molecular weight excluding hydrogens is 438 g/mol. The molecule has 0 spiro atoms. The Morgan fingerprint density at radius 3 is 2.59 bits per heavy atom. The van der Waals surface area contributed by atoms with Gasteiger partial charge in [0.25, 0.3) is 5.56 Å². The second kappa shape index (κ2) is 10.1. The van der Waals surface area contributed by atoms with Crippen LogP contribution in [0.15, 0.2) is 14.1 Å². The standard InChI is InChI=1S/C23H35N7O4/c1-3-4-13-29-19(24)18(20(32)27-22(29)33)30(16-9-5-6-10-16)17(31)14-25-23(11-7-8-12-23)21-26-15(2)34-28-21/h16,25H,3-14,24H2,1-2H3,(H,27,32,33). The van der Waals surface area contributed by atoms with Gasteiger partial charge in [0.1, 0.15) is 5.82 Å². The first-order valence-electron chi connectivity index (χ1n) is 12.4. The van der Waals surface area contributed by atoms with Crippen molar-refractivity contribution in [3.8, 4) is 0 Å². The molecule has 11 nitrogen and oxygen atoms in total. The highest BCUT2D eigenvalue weighted by atomic mass is 16.5. The number of H-pyrrole nitrogens is 1. The summed E-state index contributed by atoms with van der Waals surface area (Å²) in [6.07, 6.45) is 8.71. The number of unbranched alkanes of at least 4 members (excludes halogenated alkanes) is 1. The summed E-state index contributed by atoms with van der Waals surface area (Å²) in [5.74, 6) is 0.840. The minimum Gasteiger partial charge on any atom is -0.383 e. The molecule has 0 unspecified atom stereocenters. The summed E-state index contributed by atoms with van der Waals surface area (Å²) < 4.78 is 6.57. The molecule has 0 saturated heterocycles. The molecule has 0 bridgehead atoms. The average molecular weight is 474 g/mol. The molecule has 0 aliphatic heterocycles. The number of nitrogens with zero attached hydrogens (tertiary/aromatic N) is 4. The third kappa shape index (κ3) is 4.66. The monoisotopic (exact) mass is 473 g/mol. The number of aryl methyl sites for hydroxylation is 1. The predicted octanol–water partition coefficient (Wildman–Crippen LogP) is 1.95. The smallest absolute Gasteiger partial charge is 0.330 e. The molecule has 2 aromatic rings. The molecule has 2 aliphatic rings. The molecule has 0 atom stereocenters. The Labute approximate surface area is 198 Å². The van der Waals surface area contributed by atoms with Crippen LogP contribution in [0.5, 0.6) is 0 Å². The first kappa shape index (κ1) is 24.2. The molecular formula is C23H35N7O4. The Bertz CT molecular complexity index is 1120. The van der Waals surface area contributed by atoms with Crippen molar-refractivity contribution in [1.82, 2.24) is 25.0 Å². The molecule has 2 aliphatic carbocycles. The van der Waals surface area contributed by atoms with Crippen LogP contribution in [0.3, 0.4) is 0 Å². The van der Waals surface area contributed by atoms with E-state index in [1.54, 1.807) is 6.92 Å². The van der Waals surface area contributed by atoms with Crippen LogP contribution in [0.25, 0.3) is 0 Å². The molecule has 2 heterocycles. The lowest BCUT2D eigenvalue weighted by molar-refractivity contribution is -0.118. The van der Waals surface area contributed by atoms with Crippen LogP contribution in [-0.2, 0) is 16.9 Å². The molecule has 2 fully saturated rings. The third-order valence-electron chi connectivity index (χ3n) is 7.14. The summed E-state index contributed by atoms with van der Waals surface area (Å²) in [5, 5.41) is 7.52. The normalized spacial score (nSPS) is 17.9. The molecule has 34 heavy (non-hydrogen) atoms. The number of amides is 1. The quantitative estimate of drug-likeness (QED) is 0.500. The Kier molecular flexibility index (Phi) is 7.20. The molecule has 2 aromatic heterocycles. The maximum atomic E-state index is 13.7. The largest absolute Gasteiger partial charge is 0.383 e. The number of anilines is 2. The first-order valence-corrected chi connectivity index (χ1v) is 12.4. The summed E-state index contributed by atoms with van der Waals surface area (Å²) >= 11 is 0. The van der Waals surface area contributed by atoms with Gasteiger partial charge < -0.3 is 15.2 Å². The van der Waals surface area contributed by atoms with E-state index in [0.29, 0.717) is 18.3 Å². The molecule has 0 radical (unpaired) electrons. The summed E-state index contributed by atoms with van der Waals surface area (Å²) in [7, 11) is 0. The number of nitrogens with one attached hydrogen (secondary N) is 2. The number of hydrogen-bond donors (Lipinski definition) is 3. The van der Waals surface area contributed by atoms with Gasteiger partial charge in [-0.1, -0.05) is 44.2 Å². The van der Waals surface area contributed by atoms with Crippen molar-refractivity contribution >= 4 is 17.4 Å². The molecule has 4 rings (SSSR count). The molecule has 186 valence electrons. The van der Waals surface area contributed by atoms with Gasteiger partial charge in [0.2, 0.25) is 11.8 Å². The number of aromatic nitrogens is 4. The molecule has 4 N–H and O–H groups in total. The number of carbonyl (C=O) groups is 1. The highest BCUT2D eigenvalue weighted by Gasteiger charge is 2.41. The van der Waals surface area contributed by atoms with Crippen LogP contribution in [0.1, 0.15) is 82.8 Å². The van der Waals surface area contributed by atoms with Crippen molar-refractivity contribution in [1.29, 1.82) is 0 Å². The summed E-state index contributed by atoms with van der Waals surface area (Å²) in [4.78, 5) is 47.4. The van der Waals surface area contributed by atoms with Crippen molar-refractivity contribution in [2.24, 2.45) is 0 Å². The van der Waals surface area contributed by atoms with Gasteiger partial charge in [0, 0.05) is 19.5 Å². The number of nitrogen functional groups attached to an aromatic ring is 1. The number of carbonyl (C=O) groups excluding carboxylic acids is 1. The Hall–Kier alpha value is -2.95. The van der Waals surface area contributed by atoms with Crippen molar-refractivity contribution in [2.45, 2.75) is 96.2 Å². The van der Waals surface area contributed by atoms with Crippen molar-refractivity contribution in [3.05, 3.63) is 32.6 Å². The van der Waals surface area contributed by atoms with Crippen LogP contribution >= 0.6 is 0 Å². The van der Waals surface area contributed by atoms with Crippen LogP contribution in [0.4, 0.5) is 11.5 Å². The van der Waals surface area contributed by atoms with Crippen LogP contribution in [-0.4, -0.2) is 38.2 Å². The second-order valence-corrected chi connectivity index (χ2v) is 9.48. The van der Waals surface area contributed by atoms with Gasteiger partial charge in [-0.15, -0.1) is 0 Å². The van der Waals surface area contributed by atoms with E-state index in [1.165, 1.54) is 9.47 Å². The number of rotatable bonds is 9. The van der Waals surface area contributed by atoms with E-state index in [9.17, 15) is 14.4 Å². The van der Waals surface area contributed by atoms with Gasteiger partial charge in [0.05, 0.1) is 12.1 Å². The minimum absolute atomic E-state index is 0.00292. The predicted molar refractivity (Wildman–Crippen MR) is 128 cm³/mol. The van der Waals surface area contributed by atoms with E-state index in [0.717, 1.165) is 64.2 Å². The fourth-order valence-corrected chi connectivity index (χ4v) is 5.30. The second-order valence-electron chi connectivity index (χ2n) is 9.48. The molecule has 2 saturated carbocycles. The fourth-order valence-electron chi connectivity index (χ4n) is 5.30. The zero-order chi connectivity index (χ0) is 24.3. The average Bonchev–Trinajstić information content (AvgIpc) is 3.57. The number of nitrogens with two attached hydrogens (primary N) is 1. The fraction of sp³-hybridized carbons (Fsp3) is 0.696. The van der Waals surface area contributed by atoms with E-state index in [4.69, 9.17) is 10.3 Å². The zero-order valence-electron chi connectivity index (χ0n) is 20.1. The zero-order valence-corrected chi connectivity index (χ0v) is 20.1. The Balaban J connectivity index is 1.65. The highest BCUT2D eigenvalue weighted by Crippen LogP contribution is 2.37. The molecule has 0 aromatic carbocycles. The van der Waals surface area contributed by atoms with E-state index in [1.807, 2.05) is 6.92 Å². The summed E-state index contributed by atoms with van der Waals surface area (Å²) in [5.41, 5.74) is 4.73. The van der Waals surface area contributed by atoms with E-state index < -0.39 is 16.8 Å². The van der Waals surface area contributed by atoms with E-state index in [-0.39, 0.29) is 30.0 Å². The van der Waals surface area contributed by atoms with Gasteiger partial charge in [0.15, 0.2) is 11.5 Å². The number of hydrogen-bond acceptors (Lipinski definition) is 8. The van der Waals surface area contributed by atoms with Gasteiger partial charge in [-0.3, -0.25) is 24.5 Å². The maximum Gasteiger partial charge on any atom is 0.330 e. The highest BCUT2D eigenvalue weighted by molar-refractivity contribution is 5.97. The summed E-state index contributed by atoms with van der Waals surface area (Å²) in [6, 6.07) is -0.137. The lowest BCUT2D eigenvalue weighted by atomic mass is 9.96. The SMILES string of the molecule is CCCCn1c(N)c(N(C(=O)CNC2(c3noc(C)n3)CCCC2)C2CCCC2)c(=O)[nH]c1=O. The minimum atomic E-state index is -0.625. The Morgan fingerprint density at radius 1 is 1.26 bits per heavy atom. The first-order chi connectivity index (χ1) is 16.4. The maximum absolute atomic E-state index is 13.7. The molecule has 1 amide bonds. The lowest BCUT2D eigenvalue weighted by Crippen LogP contribution is -2.51. The van der Waals surface area contributed by atoms with Crippen molar-refractivity contribution < 1.29 is 9.32 Å². The topological polar surface area (TPSA) is 152 Å². The lowest BCUT2D eigenvalue weighted by Gasteiger charge is -2.32. The Morgan fingerprint density at radius 2 is 1.97 bits per heavy atom. The van der Waals surface area contributed by atoms with Gasteiger partial charge in [-0.2, -0.15) is 4.98 Å². The van der Waals surface area contributed by atoms with Crippen LogP contribution < -0.4 is 27.2 Å². The molecule has 11 heteroatoms. The van der Waals surface area contributed by atoms with Gasteiger partial charge >= 0.3 is 5.69 Å². The van der Waals surface area contributed by atoms with Gasteiger partial charge in [-0.25, -0.2) is 4.79 Å².